The molecule has 1 aromatic carbocycles. The number of hydrogen-bond acceptors (Lipinski definition) is 3. The molecule has 1 rings (SSSR count). The van der Waals surface area contributed by atoms with Gasteiger partial charge in [-0.1, -0.05) is 27.7 Å². The van der Waals surface area contributed by atoms with Gasteiger partial charge in [-0.05, 0) is 42.5 Å². The Morgan fingerprint density at radius 2 is 1.70 bits per heavy atom. The summed E-state index contributed by atoms with van der Waals surface area (Å²) < 4.78 is 26.4. The lowest BCUT2D eigenvalue weighted by Gasteiger charge is -2.23. The highest BCUT2D eigenvalue weighted by molar-refractivity contribution is 7.89. The number of hydrogen-bond donors (Lipinski definition) is 2. The van der Waals surface area contributed by atoms with E-state index in [0.717, 1.165) is 25.1 Å². The molecule has 1 aromatic rings. The van der Waals surface area contributed by atoms with Crippen LogP contribution in [0.25, 0.3) is 0 Å². The van der Waals surface area contributed by atoms with Crippen molar-refractivity contribution in [2.24, 2.45) is 5.41 Å². The molecule has 0 aromatic heterocycles. The van der Waals surface area contributed by atoms with Gasteiger partial charge in [0.1, 0.15) is 0 Å². The van der Waals surface area contributed by atoms with Crippen LogP contribution in [0.1, 0.15) is 40.5 Å². The molecule has 2 N–H and O–H groups in total. The topological polar surface area (TPSA) is 58.2 Å². The van der Waals surface area contributed by atoms with Crippen LogP contribution >= 0.6 is 0 Å². The number of rotatable bonds is 8. The molecule has 0 heterocycles. The van der Waals surface area contributed by atoms with E-state index in [0.29, 0.717) is 11.4 Å². The summed E-state index contributed by atoms with van der Waals surface area (Å²) in [6.07, 6.45) is 1.87. The monoisotopic (exact) mass is 298 g/mol. The van der Waals surface area contributed by atoms with Crippen molar-refractivity contribution in [1.82, 2.24) is 4.72 Å². The lowest BCUT2D eigenvalue weighted by atomic mass is 9.90. The van der Waals surface area contributed by atoms with Crippen LogP contribution < -0.4 is 10.0 Å². The lowest BCUT2D eigenvalue weighted by molar-refractivity contribution is 0.377. The summed E-state index contributed by atoms with van der Waals surface area (Å²) in [5, 5.41) is 3.34. The van der Waals surface area contributed by atoms with Gasteiger partial charge in [0.25, 0.3) is 0 Å². The average molecular weight is 298 g/mol. The Bertz CT molecular complexity index is 507. The molecule has 5 heteroatoms. The van der Waals surface area contributed by atoms with E-state index < -0.39 is 10.0 Å². The minimum atomic E-state index is -3.36. The fraction of sp³-hybridized carbons (Fsp3) is 0.600. The Morgan fingerprint density at radius 1 is 1.10 bits per heavy atom. The maximum Gasteiger partial charge on any atom is 0.240 e. The van der Waals surface area contributed by atoms with Gasteiger partial charge in [-0.3, -0.25) is 0 Å². The molecule has 0 amide bonds. The average Bonchev–Trinajstić information content (AvgIpc) is 2.43. The SMILES string of the molecule is CCCNS(=O)(=O)c1ccc(NCC(C)(C)CC)cc1. The van der Waals surface area contributed by atoms with Gasteiger partial charge >= 0.3 is 0 Å². The minimum Gasteiger partial charge on any atom is -0.385 e. The maximum atomic E-state index is 11.9. The Labute approximate surface area is 123 Å². The lowest BCUT2D eigenvalue weighted by Crippen LogP contribution is -2.24. The van der Waals surface area contributed by atoms with Gasteiger partial charge in [-0.15, -0.1) is 0 Å². The zero-order chi connectivity index (χ0) is 15.2. The third kappa shape index (κ3) is 5.13. The van der Waals surface area contributed by atoms with Crippen molar-refractivity contribution in [3.8, 4) is 0 Å². The summed E-state index contributed by atoms with van der Waals surface area (Å²) in [7, 11) is -3.36. The summed E-state index contributed by atoms with van der Waals surface area (Å²) in [6.45, 7) is 9.83. The third-order valence-corrected chi connectivity index (χ3v) is 4.91. The molecule has 0 saturated heterocycles. The van der Waals surface area contributed by atoms with Gasteiger partial charge in [0.2, 0.25) is 10.0 Å². The molecule has 114 valence electrons. The van der Waals surface area contributed by atoms with E-state index in [1.165, 1.54) is 0 Å². The van der Waals surface area contributed by atoms with Gasteiger partial charge < -0.3 is 5.32 Å². The van der Waals surface area contributed by atoms with Crippen LogP contribution in [0.5, 0.6) is 0 Å². The first-order valence-electron chi connectivity index (χ1n) is 7.14. The number of anilines is 1. The van der Waals surface area contributed by atoms with Crippen molar-refractivity contribution in [3.63, 3.8) is 0 Å². The van der Waals surface area contributed by atoms with E-state index in [2.05, 4.69) is 30.8 Å². The van der Waals surface area contributed by atoms with E-state index in [4.69, 9.17) is 0 Å². The van der Waals surface area contributed by atoms with Gasteiger partial charge in [0.05, 0.1) is 4.90 Å². The second-order valence-corrected chi connectivity index (χ2v) is 7.56. The van der Waals surface area contributed by atoms with Crippen molar-refractivity contribution >= 4 is 15.7 Å². The second-order valence-electron chi connectivity index (χ2n) is 5.79. The number of nitrogens with one attached hydrogen (secondary N) is 2. The molecule has 0 aliphatic carbocycles. The predicted octanol–water partition coefficient (Wildman–Crippen LogP) is 3.22. The molecule has 0 unspecified atom stereocenters. The zero-order valence-electron chi connectivity index (χ0n) is 12.9. The van der Waals surface area contributed by atoms with Crippen LogP contribution in [0, 0.1) is 5.41 Å². The van der Waals surface area contributed by atoms with Crippen molar-refractivity contribution < 1.29 is 8.42 Å². The van der Waals surface area contributed by atoms with Crippen LogP contribution in [-0.2, 0) is 10.0 Å². The molecule has 0 atom stereocenters. The standard InChI is InChI=1S/C15H26N2O2S/c1-5-11-17-20(18,19)14-9-7-13(8-10-14)16-12-15(3,4)6-2/h7-10,16-17H,5-6,11-12H2,1-4H3. The smallest absolute Gasteiger partial charge is 0.240 e. The van der Waals surface area contributed by atoms with Crippen LogP contribution in [0.4, 0.5) is 5.69 Å². The summed E-state index contributed by atoms with van der Waals surface area (Å²) in [5.41, 5.74) is 1.17. The fourth-order valence-electron chi connectivity index (χ4n) is 1.54. The van der Waals surface area contributed by atoms with E-state index >= 15 is 0 Å². The van der Waals surface area contributed by atoms with Crippen LogP contribution in [-0.4, -0.2) is 21.5 Å². The molecule has 0 radical (unpaired) electrons. The summed E-state index contributed by atoms with van der Waals surface area (Å²) in [5.74, 6) is 0. The normalized spacial score (nSPS) is 12.4. The van der Waals surface area contributed by atoms with Gasteiger partial charge in [-0.25, -0.2) is 13.1 Å². The molecule has 0 fully saturated rings. The third-order valence-electron chi connectivity index (χ3n) is 3.43. The van der Waals surface area contributed by atoms with E-state index in [1.54, 1.807) is 12.1 Å². The molecular formula is C15H26N2O2S. The van der Waals surface area contributed by atoms with Crippen molar-refractivity contribution in [1.29, 1.82) is 0 Å². The van der Waals surface area contributed by atoms with Gasteiger partial charge in [-0.2, -0.15) is 0 Å². The van der Waals surface area contributed by atoms with E-state index in [9.17, 15) is 8.42 Å². The van der Waals surface area contributed by atoms with Crippen molar-refractivity contribution in [2.75, 3.05) is 18.4 Å². The second kappa shape index (κ2) is 7.09. The highest BCUT2D eigenvalue weighted by Gasteiger charge is 2.15. The first-order chi connectivity index (χ1) is 9.30. The molecular weight excluding hydrogens is 272 g/mol. The summed E-state index contributed by atoms with van der Waals surface area (Å²) in [4.78, 5) is 0.311. The number of sulfonamides is 1. The summed E-state index contributed by atoms with van der Waals surface area (Å²) in [6, 6.07) is 6.90. The fourth-order valence-corrected chi connectivity index (χ4v) is 2.67. The first kappa shape index (κ1) is 17.0. The van der Waals surface area contributed by atoms with Gasteiger partial charge in [0.15, 0.2) is 0 Å². The van der Waals surface area contributed by atoms with Crippen LogP contribution in [0.2, 0.25) is 0 Å². The van der Waals surface area contributed by atoms with Crippen LogP contribution in [0.15, 0.2) is 29.2 Å². The summed E-state index contributed by atoms with van der Waals surface area (Å²) >= 11 is 0. The number of benzene rings is 1. The molecule has 20 heavy (non-hydrogen) atoms. The molecule has 4 nitrogen and oxygen atoms in total. The maximum absolute atomic E-state index is 11.9. The first-order valence-corrected chi connectivity index (χ1v) is 8.62. The van der Waals surface area contributed by atoms with E-state index in [1.807, 2.05) is 19.1 Å². The highest BCUT2D eigenvalue weighted by atomic mass is 32.2. The Kier molecular flexibility index (Phi) is 6.02. The molecule has 0 bridgehead atoms. The van der Waals surface area contributed by atoms with Gasteiger partial charge in [0, 0.05) is 18.8 Å². The highest BCUT2D eigenvalue weighted by Crippen LogP contribution is 2.21. The molecule has 0 saturated carbocycles. The minimum absolute atomic E-state index is 0.230. The Morgan fingerprint density at radius 3 is 2.20 bits per heavy atom. The quantitative estimate of drug-likeness (QED) is 0.774. The van der Waals surface area contributed by atoms with Crippen molar-refractivity contribution in [3.05, 3.63) is 24.3 Å². The van der Waals surface area contributed by atoms with Crippen LogP contribution in [0.3, 0.4) is 0 Å². The predicted molar refractivity (Wildman–Crippen MR) is 84.5 cm³/mol. The molecule has 0 spiro atoms. The molecule has 0 aliphatic rings. The Balaban J connectivity index is 2.69. The Hall–Kier alpha value is -1.07. The molecule has 0 aliphatic heterocycles. The largest absolute Gasteiger partial charge is 0.385 e. The van der Waals surface area contributed by atoms with Crippen molar-refractivity contribution in [2.45, 2.75) is 45.4 Å². The van der Waals surface area contributed by atoms with E-state index in [-0.39, 0.29) is 5.41 Å². The zero-order valence-corrected chi connectivity index (χ0v) is 13.7.